The number of carboxylic acids is 5. The molecule has 4 amide bonds. The number of thiocarbonyl (C=S) groups is 1. The van der Waals surface area contributed by atoms with E-state index < -0.39 is 82.3 Å². The van der Waals surface area contributed by atoms with E-state index in [-0.39, 0.29) is 58.4 Å². The molecule has 0 bridgehead atoms. The Morgan fingerprint density at radius 3 is 1.61 bits per heavy atom. The van der Waals surface area contributed by atoms with Crippen molar-refractivity contribution in [2.75, 3.05) is 28.1 Å². The van der Waals surface area contributed by atoms with Crippen LogP contribution in [0.25, 0.3) is 4.85 Å². The highest BCUT2D eigenvalue weighted by atomic mass is 32.2. The van der Waals surface area contributed by atoms with Crippen LogP contribution in [-0.4, -0.2) is 137 Å². The molecular weight excluding hydrogens is 981 g/mol. The van der Waals surface area contributed by atoms with Crippen LogP contribution >= 0.6 is 12.2 Å². The summed E-state index contributed by atoms with van der Waals surface area (Å²) in [6.07, 6.45) is -0.695. The van der Waals surface area contributed by atoms with E-state index >= 15 is 0 Å². The Kier molecular flexibility index (Phi) is 17.8. The Morgan fingerprint density at radius 1 is 0.662 bits per heavy atom. The number of hydrazone groups is 3. The molecule has 0 saturated carbocycles. The van der Waals surface area contributed by atoms with Gasteiger partial charge in [0.1, 0.15) is 19.5 Å². The van der Waals surface area contributed by atoms with Gasteiger partial charge in [-0.3, -0.25) is 43.1 Å². The van der Waals surface area contributed by atoms with Gasteiger partial charge in [-0.1, -0.05) is 30.3 Å². The third-order valence-electron chi connectivity index (χ3n) is 9.18. The van der Waals surface area contributed by atoms with E-state index in [1.165, 1.54) is 23.2 Å². The summed E-state index contributed by atoms with van der Waals surface area (Å²) in [4.78, 5) is 104. The molecule has 4 aliphatic heterocycles. The third-order valence-corrected chi connectivity index (χ3v) is 10.5. The molecule has 0 atom stereocenters. The van der Waals surface area contributed by atoms with Crippen molar-refractivity contribution in [3.8, 4) is 6.07 Å². The highest BCUT2D eigenvalue weighted by molar-refractivity contribution is 7.85. The van der Waals surface area contributed by atoms with E-state index in [1.54, 1.807) is 55.5 Å². The van der Waals surface area contributed by atoms with Crippen LogP contribution in [0.5, 0.6) is 0 Å². The second kappa shape index (κ2) is 23.4. The highest BCUT2D eigenvalue weighted by Gasteiger charge is 2.37. The number of carbonyl (C=O) groups excluding carboxylic acids is 4. The second-order valence-electron chi connectivity index (χ2n) is 14.1. The first-order valence-corrected chi connectivity index (χ1v) is 21.4. The van der Waals surface area contributed by atoms with Gasteiger partial charge in [-0.05, 0) is 67.7 Å². The molecule has 3 aromatic carbocycles. The van der Waals surface area contributed by atoms with Gasteiger partial charge in [0.2, 0.25) is 11.8 Å². The van der Waals surface area contributed by atoms with E-state index in [0.717, 1.165) is 22.2 Å². The number of carboxylic acid groups (broad SMARTS) is 5. The average Bonchev–Trinajstić information content (AvgIpc) is 4.04. The second-order valence-corrected chi connectivity index (χ2v) is 15.9. The molecule has 4 aliphatic rings. The zero-order valence-corrected chi connectivity index (χ0v) is 37.8. The van der Waals surface area contributed by atoms with Gasteiger partial charge in [0.15, 0.2) is 16.5 Å². The normalized spacial score (nSPS) is 15.9. The molecule has 0 radical (unpaired) electrons. The van der Waals surface area contributed by atoms with Crippen LogP contribution in [0.1, 0.15) is 43.0 Å². The SMILES string of the molecule is CC1=NN(c2ccccc2C(=O)O)C(=O)C1.O=C(O)C1=NN(c2ccc(S(=O)(=O)O)cc2)C(=O)C1.O=C(O)CN1C(=O)CC(=O)N(CC(=O)O)C1=S.[C-]#[N+]/C(C#N)=C1\CC(C(=O)O)=NN1c1ccccc1. The maximum absolute atomic E-state index is 11.6. The summed E-state index contributed by atoms with van der Waals surface area (Å²) in [5.74, 6) is -8.33. The first kappa shape index (κ1) is 54.0. The van der Waals surface area contributed by atoms with Gasteiger partial charge >= 0.3 is 29.8 Å². The maximum atomic E-state index is 11.6. The summed E-state index contributed by atoms with van der Waals surface area (Å²) < 4.78 is 30.5. The van der Waals surface area contributed by atoms with Crippen LogP contribution in [-0.2, 0) is 48.5 Å². The summed E-state index contributed by atoms with van der Waals surface area (Å²) in [6, 6.07) is 21.6. The summed E-state index contributed by atoms with van der Waals surface area (Å²) >= 11 is 4.72. The molecule has 366 valence electrons. The molecule has 6 N–H and O–H groups in total. The fraction of sp³-hybridized carbons (Fsp3) is 0.167. The lowest BCUT2D eigenvalue weighted by atomic mass is 10.1. The van der Waals surface area contributed by atoms with Crippen molar-refractivity contribution < 1.29 is 81.7 Å². The zero-order valence-electron chi connectivity index (χ0n) is 36.2. The Balaban J connectivity index is 0.000000206. The molecule has 3 aromatic rings. The van der Waals surface area contributed by atoms with Crippen LogP contribution in [0.3, 0.4) is 0 Å². The molecule has 0 aromatic heterocycles. The Morgan fingerprint density at radius 2 is 1.15 bits per heavy atom. The van der Waals surface area contributed by atoms with Crippen molar-refractivity contribution >= 4 is 115 Å². The number of allylic oxidation sites excluding steroid dienone is 2. The van der Waals surface area contributed by atoms with E-state index in [4.69, 9.17) is 54.1 Å². The molecule has 27 nitrogen and oxygen atoms in total. The monoisotopic (exact) mass is 1010 g/mol. The summed E-state index contributed by atoms with van der Waals surface area (Å²) in [5.41, 5.74) is 1.68. The minimum absolute atomic E-state index is 0.0322. The van der Waals surface area contributed by atoms with E-state index in [2.05, 4.69) is 20.1 Å². The van der Waals surface area contributed by atoms with E-state index in [1.807, 2.05) is 6.07 Å². The van der Waals surface area contributed by atoms with Gasteiger partial charge in [-0.2, -0.15) is 33.7 Å². The van der Waals surface area contributed by atoms with Crippen molar-refractivity contribution in [1.82, 2.24) is 9.80 Å². The maximum Gasteiger partial charge on any atom is 0.352 e. The number of anilines is 3. The Bertz CT molecular complexity index is 3020. The molecular formula is C42H34N10O17S2. The quantitative estimate of drug-likeness (QED) is 0.0526. The lowest BCUT2D eigenvalue weighted by molar-refractivity contribution is -0.149. The summed E-state index contributed by atoms with van der Waals surface area (Å²) in [5, 5.41) is 67.3. The minimum atomic E-state index is -4.31. The third kappa shape index (κ3) is 14.0. The molecule has 4 heterocycles. The topological polar surface area (TPSA) is 391 Å². The highest BCUT2D eigenvalue weighted by Crippen LogP contribution is 2.30. The number of rotatable bonds is 11. The van der Waals surface area contributed by atoms with Crippen molar-refractivity contribution in [3.63, 3.8) is 0 Å². The molecule has 1 fully saturated rings. The van der Waals surface area contributed by atoms with Crippen LogP contribution in [0.4, 0.5) is 17.1 Å². The lowest BCUT2D eigenvalue weighted by Crippen LogP contribution is -2.57. The first-order chi connectivity index (χ1) is 33.4. The zero-order chi connectivity index (χ0) is 52.9. The number of carbonyl (C=O) groups is 9. The van der Waals surface area contributed by atoms with Crippen LogP contribution in [0, 0.1) is 17.9 Å². The van der Waals surface area contributed by atoms with Crippen LogP contribution in [0.2, 0.25) is 0 Å². The number of amides is 4. The van der Waals surface area contributed by atoms with Gasteiger partial charge < -0.3 is 25.5 Å². The fourth-order valence-corrected chi connectivity index (χ4v) is 6.86. The van der Waals surface area contributed by atoms with Gasteiger partial charge in [-0.25, -0.2) is 29.5 Å². The van der Waals surface area contributed by atoms with Crippen LogP contribution in [0.15, 0.2) is 110 Å². The lowest BCUT2D eigenvalue weighted by Gasteiger charge is -2.33. The predicted molar refractivity (Wildman–Crippen MR) is 246 cm³/mol. The summed E-state index contributed by atoms with van der Waals surface area (Å²) in [7, 11) is -4.31. The average molecular weight is 1010 g/mol. The van der Waals surface area contributed by atoms with Gasteiger partial charge in [-0.15, -0.1) is 0 Å². The van der Waals surface area contributed by atoms with E-state index in [9.17, 15) is 51.6 Å². The van der Waals surface area contributed by atoms with Crippen molar-refractivity contribution in [2.45, 2.75) is 37.5 Å². The number of aliphatic carboxylic acids is 4. The largest absolute Gasteiger partial charge is 0.480 e. The number of hydrogen-bond donors (Lipinski definition) is 6. The van der Waals surface area contributed by atoms with Crippen molar-refractivity contribution in [2.24, 2.45) is 15.3 Å². The van der Waals surface area contributed by atoms with Crippen molar-refractivity contribution in [1.29, 1.82) is 5.26 Å². The van der Waals surface area contributed by atoms with E-state index in [0.29, 0.717) is 32.6 Å². The first-order valence-electron chi connectivity index (χ1n) is 19.5. The van der Waals surface area contributed by atoms with Crippen LogP contribution < -0.4 is 15.0 Å². The Hall–Kier alpha value is -9.58. The molecule has 0 unspecified atom stereocenters. The Labute approximate surface area is 404 Å². The molecule has 7 rings (SSSR count). The molecule has 29 heteroatoms. The minimum Gasteiger partial charge on any atom is -0.480 e. The van der Waals surface area contributed by atoms with Gasteiger partial charge in [0, 0.05) is 12.1 Å². The molecule has 71 heavy (non-hydrogen) atoms. The van der Waals surface area contributed by atoms with Gasteiger partial charge in [0.05, 0.1) is 58.7 Å². The standard InChI is InChI=1S/C13H8N4O2.C11H10N2O3.C10H8N2O6S.C8H8N2O6S/c1-15-11(8-14)12-7-10(13(18)19)16-17(12)9-5-3-2-4-6-9;1-7-6-10(14)13(12-7)9-5-3-2-4-8(9)11(15)16;13-9-5-8(10(14)15)11-12(9)6-1-3-7(4-2-6)19(16,17)18;11-4-1-5(12)10(3-7(15)16)8(17)9(4)2-6(13)14/h2-6H,7H2,(H,18,19);2-5H,6H2,1H3,(H,15,16);1-4H,5H2,(H,14,15)(H,16,17,18);1-3H2,(H,13,14)(H,15,16)/b12-11+;;;. The number of benzene rings is 3. The summed E-state index contributed by atoms with van der Waals surface area (Å²) in [6.45, 7) is 7.32. The number of para-hydroxylation sites is 2. The number of nitrogens with zero attached hydrogens (tertiary/aromatic N) is 10. The fourth-order valence-electron chi connectivity index (χ4n) is 6.04. The molecule has 1 saturated heterocycles. The number of nitriles is 1. The molecule has 0 spiro atoms. The van der Waals surface area contributed by atoms with Gasteiger partial charge in [0.25, 0.3) is 27.6 Å². The molecule has 0 aliphatic carbocycles. The van der Waals surface area contributed by atoms with Crippen molar-refractivity contribution in [3.05, 3.63) is 107 Å². The number of aromatic carboxylic acids is 1. The predicted octanol–water partition coefficient (Wildman–Crippen LogP) is 2.10. The number of hydrogen-bond acceptors (Lipinski definition) is 17. The smallest absolute Gasteiger partial charge is 0.352 e.